The Balaban J connectivity index is 1.72. The van der Waals surface area contributed by atoms with Gasteiger partial charge in [-0.1, -0.05) is 30.3 Å². The monoisotopic (exact) mass is 312 g/mol. The molecule has 1 aromatic heterocycles. The molecule has 1 fully saturated rings. The molecule has 3 rings (SSSR count). The molecule has 0 saturated heterocycles. The standard InChI is InChI=1S/C18H20N2O3/c1-12-9-10-23-16(12)18(22)20-15(17(21)19-14-7-8-14)11-13-5-3-2-4-6-13/h2-6,9-10,14-15H,7-8,11H2,1H3,(H,19,21)(H,20,22)/t15-/m1/s1. The molecule has 0 unspecified atom stereocenters. The van der Waals surface area contributed by atoms with Crippen molar-refractivity contribution in [2.45, 2.75) is 38.3 Å². The number of rotatable bonds is 6. The van der Waals surface area contributed by atoms with Gasteiger partial charge in [0.25, 0.3) is 5.91 Å². The van der Waals surface area contributed by atoms with Crippen LogP contribution in [0.2, 0.25) is 0 Å². The third-order valence-corrected chi connectivity index (χ3v) is 3.90. The van der Waals surface area contributed by atoms with Crippen LogP contribution in [0.1, 0.15) is 34.5 Å². The topological polar surface area (TPSA) is 71.3 Å². The molecule has 23 heavy (non-hydrogen) atoms. The van der Waals surface area contributed by atoms with Crippen LogP contribution in [0.25, 0.3) is 0 Å². The first-order chi connectivity index (χ1) is 11.1. The molecule has 0 radical (unpaired) electrons. The Kier molecular flexibility index (Phi) is 4.46. The van der Waals surface area contributed by atoms with Crippen molar-refractivity contribution in [2.75, 3.05) is 0 Å². The maximum atomic E-state index is 12.4. The molecule has 1 aliphatic carbocycles. The van der Waals surface area contributed by atoms with Gasteiger partial charge in [-0.25, -0.2) is 0 Å². The van der Waals surface area contributed by atoms with E-state index in [0.29, 0.717) is 6.42 Å². The van der Waals surface area contributed by atoms with E-state index in [1.807, 2.05) is 30.3 Å². The maximum absolute atomic E-state index is 12.4. The van der Waals surface area contributed by atoms with Crippen LogP contribution in [0.4, 0.5) is 0 Å². The number of carbonyl (C=O) groups is 2. The number of nitrogens with one attached hydrogen (secondary N) is 2. The fourth-order valence-corrected chi connectivity index (χ4v) is 2.42. The molecular weight excluding hydrogens is 292 g/mol. The highest BCUT2D eigenvalue weighted by Gasteiger charge is 2.29. The summed E-state index contributed by atoms with van der Waals surface area (Å²) in [5.41, 5.74) is 1.75. The van der Waals surface area contributed by atoms with Crippen LogP contribution in [0.3, 0.4) is 0 Å². The highest BCUT2D eigenvalue weighted by atomic mass is 16.3. The molecule has 1 heterocycles. The first-order valence-corrected chi connectivity index (χ1v) is 7.83. The van der Waals surface area contributed by atoms with Crippen LogP contribution in [0.5, 0.6) is 0 Å². The van der Waals surface area contributed by atoms with E-state index in [-0.39, 0.29) is 23.6 Å². The lowest BCUT2D eigenvalue weighted by Crippen LogP contribution is -2.48. The Morgan fingerprint density at radius 1 is 1.22 bits per heavy atom. The number of amides is 2. The number of hydrogen-bond acceptors (Lipinski definition) is 3. The van der Waals surface area contributed by atoms with Crippen molar-refractivity contribution < 1.29 is 14.0 Å². The predicted molar refractivity (Wildman–Crippen MR) is 86.0 cm³/mol. The lowest BCUT2D eigenvalue weighted by molar-refractivity contribution is -0.123. The van der Waals surface area contributed by atoms with Gasteiger partial charge in [-0.05, 0) is 31.4 Å². The number of carbonyl (C=O) groups excluding carboxylic acids is 2. The lowest BCUT2D eigenvalue weighted by Gasteiger charge is -2.18. The second kappa shape index (κ2) is 6.69. The average Bonchev–Trinajstić information content (AvgIpc) is 3.25. The second-order valence-corrected chi connectivity index (χ2v) is 5.93. The first kappa shape index (κ1) is 15.3. The van der Waals surface area contributed by atoms with Crippen LogP contribution in [0, 0.1) is 6.92 Å². The number of hydrogen-bond donors (Lipinski definition) is 2. The quantitative estimate of drug-likeness (QED) is 0.859. The average molecular weight is 312 g/mol. The van der Waals surface area contributed by atoms with Crippen LogP contribution in [-0.4, -0.2) is 23.9 Å². The fourth-order valence-electron chi connectivity index (χ4n) is 2.42. The van der Waals surface area contributed by atoms with Gasteiger partial charge in [0.05, 0.1) is 6.26 Å². The van der Waals surface area contributed by atoms with E-state index in [2.05, 4.69) is 10.6 Å². The van der Waals surface area contributed by atoms with Crippen molar-refractivity contribution in [2.24, 2.45) is 0 Å². The molecular formula is C18H20N2O3. The highest BCUT2D eigenvalue weighted by molar-refractivity contribution is 5.96. The number of aryl methyl sites for hydroxylation is 1. The summed E-state index contributed by atoms with van der Waals surface area (Å²) in [5.74, 6) is -0.254. The van der Waals surface area contributed by atoms with Gasteiger partial charge in [0.2, 0.25) is 5.91 Å². The molecule has 2 N–H and O–H groups in total. The smallest absolute Gasteiger partial charge is 0.287 e. The van der Waals surface area contributed by atoms with Crippen molar-refractivity contribution in [3.63, 3.8) is 0 Å². The van der Waals surface area contributed by atoms with Crippen LogP contribution < -0.4 is 10.6 Å². The van der Waals surface area contributed by atoms with Crippen LogP contribution in [-0.2, 0) is 11.2 Å². The summed E-state index contributed by atoms with van der Waals surface area (Å²) >= 11 is 0. The van der Waals surface area contributed by atoms with E-state index in [4.69, 9.17) is 4.42 Å². The zero-order valence-electron chi connectivity index (χ0n) is 13.0. The van der Waals surface area contributed by atoms with Crippen LogP contribution in [0.15, 0.2) is 47.1 Å². The Labute approximate surface area is 135 Å². The van der Waals surface area contributed by atoms with E-state index < -0.39 is 6.04 Å². The molecule has 120 valence electrons. The van der Waals surface area contributed by atoms with E-state index >= 15 is 0 Å². The number of benzene rings is 1. The second-order valence-electron chi connectivity index (χ2n) is 5.93. The van der Waals surface area contributed by atoms with Crippen molar-refractivity contribution >= 4 is 11.8 Å². The van der Waals surface area contributed by atoms with Crippen molar-refractivity contribution in [3.8, 4) is 0 Å². The molecule has 1 saturated carbocycles. The molecule has 5 heteroatoms. The third-order valence-electron chi connectivity index (χ3n) is 3.90. The molecule has 5 nitrogen and oxygen atoms in total. The van der Waals surface area contributed by atoms with Crippen LogP contribution >= 0.6 is 0 Å². The molecule has 2 amide bonds. The highest BCUT2D eigenvalue weighted by Crippen LogP contribution is 2.19. The lowest BCUT2D eigenvalue weighted by atomic mass is 10.0. The minimum atomic E-state index is -0.616. The van der Waals surface area contributed by atoms with E-state index in [0.717, 1.165) is 24.0 Å². The molecule has 2 aromatic rings. The predicted octanol–water partition coefficient (Wildman–Crippen LogP) is 2.21. The SMILES string of the molecule is Cc1ccoc1C(=O)N[C@H](Cc1ccccc1)C(=O)NC1CC1. The fraction of sp³-hybridized carbons (Fsp3) is 0.333. The summed E-state index contributed by atoms with van der Waals surface area (Å²) in [6.07, 6.45) is 3.94. The summed E-state index contributed by atoms with van der Waals surface area (Å²) in [7, 11) is 0. The van der Waals surface area contributed by atoms with Gasteiger partial charge in [-0.15, -0.1) is 0 Å². The summed E-state index contributed by atoms with van der Waals surface area (Å²) in [5, 5.41) is 5.75. The van der Waals surface area contributed by atoms with Crippen molar-refractivity contribution in [1.29, 1.82) is 0 Å². The van der Waals surface area contributed by atoms with Gasteiger partial charge in [-0.3, -0.25) is 9.59 Å². The zero-order chi connectivity index (χ0) is 16.2. The molecule has 0 spiro atoms. The van der Waals surface area contributed by atoms with E-state index in [1.165, 1.54) is 6.26 Å². The Morgan fingerprint density at radius 3 is 2.57 bits per heavy atom. The zero-order valence-corrected chi connectivity index (χ0v) is 13.0. The summed E-state index contributed by atoms with van der Waals surface area (Å²) in [4.78, 5) is 24.8. The molecule has 0 bridgehead atoms. The molecule has 1 atom stereocenters. The van der Waals surface area contributed by atoms with E-state index in [1.54, 1.807) is 13.0 Å². The van der Waals surface area contributed by atoms with Gasteiger partial charge in [-0.2, -0.15) is 0 Å². The van der Waals surface area contributed by atoms with Gasteiger partial charge in [0, 0.05) is 18.0 Å². The first-order valence-electron chi connectivity index (χ1n) is 7.83. The van der Waals surface area contributed by atoms with Gasteiger partial charge in [0.1, 0.15) is 6.04 Å². The summed E-state index contributed by atoms with van der Waals surface area (Å²) < 4.78 is 5.21. The number of furan rings is 1. The summed E-state index contributed by atoms with van der Waals surface area (Å²) in [6.45, 7) is 1.80. The van der Waals surface area contributed by atoms with Gasteiger partial charge in [0.15, 0.2) is 5.76 Å². The Morgan fingerprint density at radius 2 is 1.96 bits per heavy atom. The van der Waals surface area contributed by atoms with Gasteiger partial charge < -0.3 is 15.1 Å². The largest absolute Gasteiger partial charge is 0.459 e. The minimum Gasteiger partial charge on any atom is -0.459 e. The Bertz CT molecular complexity index is 689. The maximum Gasteiger partial charge on any atom is 0.287 e. The summed E-state index contributed by atoms with van der Waals surface area (Å²) in [6, 6.07) is 11.0. The molecule has 1 aliphatic rings. The Hall–Kier alpha value is -2.56. The normalized spacial score (nSPS) is 15.0. The third kappa shape index (κ3) is 4.00. The van der Waals surface area contributed by atoms with Gasteiger partial charge >= 0.3 is 0 Å². The van der Waals surface area contributed by atoms with Crippen molar-refractivity contribution in [1.82, 2.24) is 10.6 Å². The van der Waals surface area contributed by atoms with Crippen molar-refractivity contribution in [3.05, 3.63) is 59.5 Å². The van der Waals surface area contributed by atoms with E-state index in [9.17, 15) is 9.59 Å². The molecule has 1 aromatic carbocycles. The minimum absolute atomic E-state index is 0.145. The molecule has 0 aliphatic heterocycles.